The van der Waals surface area contributed by atoms with Gasteiger partial charge in [-0.3, -0.25) is 9.59 Å². The molecule has 10 nitrogen and oxygen atoms in total. The van der Waals surface area contributed by atoms with Gasteiger partial charge in [0.05, 0.1) is 13.2 Å². The van der Waals surface area contributed by atoms with Crippen LogP contribution in [0.25, 0.3) is 0 Å². The first-order valence-electron chi connectivity index (χ1n) is 21.4. The molecule has 0 amide bonds. The molecule has 0 aromatic carbocycles. The molecule has 0 aliphatic carbocycles. The number of hydrogen-bond donors (Lipinski definition) is 4. The van der Waals surface area contributed by atoms with Crippen LogP contribution in [0.3, 0.4) is 0 Å². The summed E-state index contributed by atoms with van der Waals surface area (Å²) < 4.78 is 22.1. The van der Waals surface area contributed by atoms with Crippen LogP contribution in [-0.2, 0) is 28.5 Å². The number of ether oxygens (including phenoxy) is 4. The fourth-order valence-corrected chi connectivity index (χ4v) is 6.38. The van der Waals surface area contributed by atoms with Gasteiger partial charge in [0.2, 0.25) is 0 Å². The quantitative estimate of drug-likeness (QED) is 0.0281. The molecular weight excluding hydrogens is 676 g/mol. The van der Waals surface area contributed by atoms with E-state index in [1.165, 1.54) is 77.0 Å². The number of aliphatic hydroxyl groups is 4. The third kappa shape index (κ3) is 26.6. The summed E-state index contributed by atoms with van der Waals surface area (Å²) >= 11 is 0. The number of unbranched alkanes of at least 4 members (excludes halogenated alkanes) is 20. The van der Waals surface area contributed by atoms with Crippen molar-refractivity contribution in [3.8, 4) is 0 Å². The van der Waals surface area contributed by atoms with Gasteiger partial charge in [-0.1, -0.05) is 154 Å². The Labute approximate surface area is 322 Å². The molecule has 1 fully saturated rings. The molecule has 10 heteroatoms. The van der Waals surface area contributed by atoms with Crippen molar-refractivity contribution in [3.05, 3.63) is 24.3 Å². The van der Waals surface area contributed by atoms with E-state index in [0.29, 0.717) is 12.8 Å². The van der Waals surface area contributed by atoms with Crippen LogP contribution in [0.5, 0.6) is 0 Å². The zero-order valence-electron chi connectivity index (χ0n) is 33.5. The molecule has 6 atom stereocenters. The Morgan fingerprint density at radius 2 is 1.08 bits per heavy atom. The van der Waals surface area contributed by atoms with Crippen molar-refractivity contribution >= 4 is 11.9 Å². The molecule has 1 rings (SSSR count). The van der Waals surface area contributed by atoms with E-state index in [-0.39, 0.29) is 32.0 Å². The molecule has 4 N–H and O–H groups in total. The minimum Gasteiger partial charge on any atom is -0.462 e. The van der Waals surface area contributed by atoms with Gasteiger partial charge in [0.1, 0.15) is 31.0 Å². The summed E-state index contributed by atoms with van der Waals surface area (Å²) in [7, 11) is 0. The van der Waals surface area contributed by atoms with Crippen molar-refractivity contribution < 1.29 is 49.0 Å². The smallest absolute Gasteiger partial charge is 0.306 e. The standard InChI is InChI=1S/C43H78O10/c1-3-5-7-9-11-13-15-17-19-21-23-25-27-29-31-38(45)50-34-36(35-51-43-42(49)41(48)40(47)37(33-44)53-43)52-39(46)32-30-28-26-24-22-20-18-16-14-12-10-8-6-4-2/h9,11,15,17,36-37,40-44,47-49H,3-8,10,12-14,16,18-35H2,1-2H3/b11-9+,17-15+/t36-,37-,40+,41?,42?,43-/m0/s1. The largest absolute Gasteiger partial charge is 0.462 e. The third-order valence-corrected chi connectivity index (χ3v) is 9.84. The average molecular weight is 755 g/mol. The van der Waals surface area contributed by atoms with Gasteiger partial charge in [0, 0.05) is 12.8 Å². The maximum Gasteiger partial charge on any atom is 0.306 e. The second kappa shape index (κ2) is 34.7. The molecule has 0 aromatic heterocycles. The Hall–Kier alpha value is -1.82. The summed E-state index contributed by atoms with van der Waals surface area (Å²) in [5.74, 6) is -0.818. The van der Waals surface area contributed by atoms with E-state index < -0.39 is 49.4 Å². The van der Waals surface area contributed by atoms with E-state index in [1.807, 2.05) is 0 Å². The molecule has 1 aliphatic rings. The highest BCUT2D eigenvalue weighted by Crippen LogP contribution is 2.22. The van der Waals surface area contributed by atoms with E-state index in [9.17, 15) is 30.0 Å². The number of allylic oxidation sites excluding steroid dienone is 4. The number of carbonyl (C=O) groups excluding carboxylic acids is 2. The van der Waals surface area contributed by atoms with E-state index in [0.717, 1.165) is 64.2 Å². The average Bonchev–Trinajstić information content (AvgIpc) is 3.15. The van der Waals surface area contributed by atoms with Crippen molar-refractivity contribution in [3.63, 3.8) is 0 Å². The number of esters is 2. The van der Waals surface area contributed by atoms with Crippen molar-refractivity contribution in [1.82, 2.24) is 0 Å². The molecule has 53 heavy (non-hydrogen) atoms. The van der Waals surface area contributed by atoms with E-state index in [2.05, 4.69) is 38.2 Å². The second-order valence-electron chi connectivity index (χ2n) is 14.8. The summed E-state index contributed by atoms with van der Waals surface area (Å²) in [6.07, 6.45) is 28.9. The fraction of sp³-hybridized carbons (Fsp3) is 0.860. The highest BCUT2D eigenvalue weighted by atomic mass is 16.7. The number of aliphatic hydroxyl groups excluding tert-OH is 4. The van der Waals surface area contributed by atoms with Gasteiger partial charge in [0.25, 0.3) is 0 Å². The first-order chi connectivity index (χ1) is 25.8. The molecule has 0 aromatic rings. The van der Waals surface area contributed by atoms with Crippen molar-refractivity contribution in [1.29, 1.82) is 0 Å². The molecule has 0 bridgehead atoms. The lowest BCUT2D eigenvalue weighted by Gasteiger charge is -2.39. The molecule has 1 aliphatic heterocycles. The molecule has 0 spiro atoms. The maximum absolute atomic E-state index is 12.7. The highest BCUT2D eigenvalue weighted by Gasteiger charge is 2.44. The molecule has 310 valence electrons. The maximum atomic E-state index is 12.7. The monoisotopic (exact) mass is 755 g/mol. The van der Waals surface area contributed by atoms with Crippen LogP contribution in [0.2, 0.25) is 0 Å². The Kier molecular flexibility index (Phi) is 32.2. The minimum absolute atomic E-state index is 0.221. The molecule has 0 radical (unpaired) electrons. The van der Waals surface area contributed by atoms with Gasteiger partial charge in [-0.25, -0.2) is 0 Å². The van der Waals surface area contributed by atoms with Crippen LogP contribution < -0.4 is 0 Å². The van der Waals surface area contributed by atoms with Gasteiger partial charge >= 0.3 is 11.9 Å². The first-order valence-corrected chi connectivity index (χ1v) is 21.4. The van der Waals surface area contributed by atoms with Crippen LogP contribution in [-0.4, -0.2) is 89.0 Å². The Bertz CT molecular complexity index is 923. The summed E-state index contributed by atoms with van der Waals surface area (Å²) in [4.78, 5) is 25.3. The second-order valence-corrected chi connectivity index (χ2v) is 14.8. The summed E-state index contributed by atoms with van der Waals surface area (Å²) in [6, 6.07) is 0. The summed E-state index contributed by atoms with van der Waals surface area (Å²) in [5.41, 5.74) is 0. The van der Waals surface area contributed by atoms with Gasteiger partial charge in [0.15, 0.2) is 12.4 Å². The zero-order chi connectivity index (χ0) is 38.8. The minimum atomic E-state index is -1.59. The van der Waals surface area contributed by atoms with Crippen molar-refractivity contribution in [2.24, 2.45) is 0 Å². The van der Waals surface area contributed by atoms with Crippen molar-refractivity contribution in [2.45, 2.75) is 218 Å². The van der Waals surface area contributed by atoms with Crippen LogP contribution in [0, 0.1) is 0 Å². The lowest BCUT2D eigenvalue weighted by molar-refractivity contribution is -0.305. The van der Waals surface area contributed by atoms with E-state index in [4.69, 9.17) is 18.9 Å². The predicted octanol–water partition coefficient (Wildman–Crippen LogP) is 8.55. The molecule has 2 unspecified atom stereocenters. The number of carbonyl (C=O) groups is 2. The molecule has 0 saturated carbocycles. The molecular formula is C43H78O10. The lowest BCUT2D eigenvalue weighted by atomic mass is 9.99. The normalized spacial score (nSPS) is 21.1. The van der Waals surface area contributed by atoms with Gasteiger partial charge in [-0.15, -0.1) is 0 Å². The van der Waals surface area contributed by atoms with Crippen LogP contribution in [0.15, 0.2) is 24.3 Å². The van der Waals surface area contributed by atoms with Crippen LogP contribution in [0.4, 0.5) is 0 Å². The molecule has 1 heterocycles. The zero-order valence-corrected chi connectivity index (χ0v) is 33.5. The predicted molar refractivity (Wildman–Crippen MR) is 210 cm³/mol. The summed E-state index contributed by atoms with van der Waals surface area (Å²) in [5, 5.41) is 40.0. The van der Waals surface area contributed by atoms with Gasteiger partial charge in [-0.05, 0) is 38.5 Å². The Morgan fingerprint density at radius 1 is 0.585 bits per heavy atom. The SMILES string of the molecule is CCCC/C=C/C/C=C/CCCCCCCC(=O)OC[C@@H](CO[C@H]1O[C@@H](CO)[C@@H](O)C(O)C1O)OC(=O)CCCCCCCCCCCCCCCC. The summed E-state index contributed by atoms with van der Waals surface area (Å²) in [6.45, 7) is 3.37. The van der Waals surface area contributed by atoms with Crippen LogP contribution >= 0.6 is 0 Å². The highest BCUT2D eigenvalue weighted by molar-refractivity contribution is 5.70. The lowest BCUT2D eigenvalue weighted by Crippen LogP contribution is -2.59. The number of hydrogen-bond acceptors (Lipinski definition) is 10. The topological polar surface area (TPSA) is 152 Å². The van der Waals surface area contributed by atoms with E-state index >= 15 is 0 Å². The van der Waals surface area contributed by atoms with Crippen molar-refractivity contribution in [2.75, 3.05) is 19.8 Å². The van der Waals surface area contributed by atoms with E-state index in [1.54, 1.807) is 0 Å². The van der Waals surface area contributed by atoms with Gasteiger partial charge < -0.3 is 39.4 Å². The molecule has 1 saturated heterocycles. The number of rotatable bonds is 35. The first kappa shape index (κ1) is 49.2. The van der Waals surface area contributed by atoms with Crippen LogP contribution in [0.1, 0.15) is 181 Å². The van der Waals surface area contributed by atoms with Gasteiger partial charge in [-0.2, -0.15) is 0 Å². The Morgan fingerprint density at radius 3 is 1.62 bits per heavy atom. The fourth-order valence-electron chi connectivity index (χ4n) is 6.38. The Balaban J connectivity index is 2.36. The third-order valence-electron chi connectivity index (χ3n) is 9.84.